The Balaban J connectivity index is 2.21. The van der Waals surface area contributed by atoms with Crippen molar-refractivity contribution in [2.75, 3.05) is 38.7 Å². The van der Waals surface area contributed by atoms with Gasteiger partial charge in [0.05, 0.1) is 12.7 Å². The average molecular weight is 291 g/mol. The second-order valence-corrected chi connectivity index (χ2v) is 7.05. The van der Waals surface area contributed by atoms with E-state index in [-0.39, 0.29) is 0 Å². The summed E-state index contributed by atoms with van der Waals surface area (Å²) in [6, 6.07) is 0.617. The van der Waals surface area contributed by atoms with Crippen LogP contribution in [0.15, 0.2) is 0 Å². The predicted octanol–water partition coefficient (Wildman–Crippen LogP) is 2.73. The van der Waals surface area contributed by atoms with Crippen molar-refractivity contribution in [1.82, 2.24) is 10.2 Å². The second kappa shape index (κ2) is 8.46. The van der Waals surface area contributed by atoms with Gasteiger partial charge >= 0.3 is 0 Å². The molecule has 1 unspecified atom stereocenters. The molecule has 4 heteroatoms. The fourth-order valence-corrected chi connectivity index (χ4v) is 2.67. The summed E-state index contributed by atoms with van der Waals surface area (Å²) in [5, 5.41) is 3.57. The normalized spacial score (nSPS) is 22.1. The Hall–Kier alpha value is 0.170. The van der Waals surface area contributed by atoms with Crippen molar-refractivity contribution in [3.63, 3.8) is 0 Å². The molecule has 0 radical (unpaired) electrons. The number of halogens is 1. The highest BCUT2D eigenvalue weighted by molar-refractivity contribution is 6.17. The lowest BCUT2D eigenvalue weighted by Crippen LogP contribution is -2.49. The minimum Gasteiger partial charge on any atom is -0.374 e. The quantitative estimate of drug-likeness (QED) is 0.696. The molecule has 1 aliphatic heterocycles. The predicted molar refractivity (Wildman–Crippen MR) is 83.1 cm³/mol. The number of ether oxygens (including phenoxy) is 1. The zero-order chi connectivity index (χ0) is 14.3. The lowest BCUT2D eigenvalue weighted by atomic mass is 9.88. The van der Waals surface area contributed by atoms with Crippen molar-refractivity contribution in [2.45, 2.75) is 52.7 Å². The van der Waals surface area contributed by atoms with Gasteiger partial charge in [0.2, 0.25) is 0 Å². The van der Waals surface area contributed by atoms with Crippen LogP contribution in [0.5, 0.6) is 0 Å². The van der Waals surface area contributed by atoms with Gasteiger partial charge in [-0.2, -0.15) is 0 Å². The third kappa shape index (κ3) is 6.94. The molecule has 19 heavy (non-hydrogen) atoms. The number of hydrogen-bond acceptors (Lipinski definition) is 3. The maximum absolute atomic E-state index is 5.83. The van der Waals surface area contributed by atoms with Crippen LogP contribution in [-0.2, 0) is 4.74 Å². The van der Waals surface area contributed by atoms with E-state index < -0.39 is 0 Å². The molecule has 1 N–H and O–H groups in total. The molecule has 1 aliphatic rings. The minimum absolute atomic E-state index is 0.321. The van der Waals surface area contributed by atoms with E-state index in [1.165, 1.54) is 6.42 Å². The van der Waals surface area contributed by atoms with E-state index in [0.717, 1.165) is 45.1 Å². The highest BCUT2D eigenvalue weighted by Crippen LogP contribution is 2.21. The van der Waals surface area contributed by atoms with Gasteiger partial charge in [-0.1, -0.05) is 13.8 Å². The smallest absolute Gasteiger partial charge is 0.0826 e. The minimum atomic E-state index is 0.321. The Morgan fingerprint density at radius 1 is 1.42 bits per heavy atom. The summed E-state index contributed by atoms with van der Waals surface area (Å²) >= 11 is 5.76. The number of nitrogens with one attached hydrogen (secondary N) is 1. The summed E-state index contributed by atoms with van der Waals surface area (Å²) in [4.78, 5) is 2.49. The van der Waals surface area contributed by atoms with Gasteiger partial charge in [-0.25, -0.2) is 0 Å². The van der Waals surface area contributed by atoms with E-state index >= 15 is 0 Å². The van der Waals surface area contributed by atoms with Crippen molar-refractivity contribution < 1.29 is 4.74 Å². The van der Waals surface area contributed by atoms with Gasteiger partial charge in [0.15, 0.2) is 0 Å². The van der Waals surface area contributed by atoms with E-state index in [0.29, 0.717) is 17.6 Å². The van der Waals surface area contributed by atoms with Crippen LogP contribution in [0.2, 0.25) is 0 Å². The standard InChI is InChI=1S/C15H31ClN2O/c1-13(2)18-8-9-19-14(11-18)10-17-12-15(3,4)6-5-7-16/h13-14,17H,5-12H2,1-4H3. The Bertz CT molecular complexity index is 246. The highest BCUT2D eigenvalue weighted by Gasteiger charge is 2.23. The van der Waals surface area contributed by atoms with Crippen molar-refractivity contribution >= 4 is 11.6 Å². The molecule has 0 bridgehead atoms. The second-order valence-electron chi connectivity index (χ2n) is 6.67. The SMILES string of the molecule is CC(C)N1CCOC(CNCC(C)(C)CCCCl)C1. The summed E-state index contributed by atoms with van der Waals surface area (Å²) in [7, 11) is 0. The highest BCUT2D eigenvalue weighted by atomic mass is 35.5. The molecule has 0 aromatic carbocycles. The zero-order valence-corrected chi connectivity index (χ0v) is 13.8. The molecule has 0 aliphatic carbocycles. The molecule has 0 aromatic heterocycles. The number of hydrogen-bond donors (Lipinski definition) is 1. The molecule has 1 atom stereocenters. The van der Waals surface area contributed by atoms with E-state index in [4.69, 9.17) is 16.3 Å². The first-order chi connectivity index (χ1) is 8.94. The molecular weight excluding hydrogens is 260 g/mol. The van der Waals surface area contributed by atoms with Crippen LogP contribution in [0.1, 0.15) is 40.5 Å². The first-order valence-electron chi connectivity index (χ1n) is 7.57. The molecule has 114 valence electrons. The topological polar surface area (TPSA) is 24.5 Å². The molecule has 1 rings (SSSR count). The molecule has 0 saturated carbocycles. The van der Waals surface area contributed by atoms with Crippen LogP contribution in [0.3, 0.4) is 0 Å². The van der Waals surface area contributed by atoms with Gasteiger partial charge < -0.3 is 10.1 Å². The number of nitrogens with zero attached hydrogens (tertiary/aromatic N) is 1. The lowest BCUT2D eigenvalue weighted by Gasteiger charge is -2.36. The number of alkyl halides is 1. The number of morpholine rings is 1. The molecular formula is C15H31ClN2O. The van der Waals surface area contributed by atoms with E-state index in [1.807, 2.05) is 0 Å². The van der Waals surface area contributed by atoms with Gasteiger partial charge in [-0.05, 0) is 32.1 Å². The van der Waals surface area contributed by atoms with Crippen molar-refractivity contribution in [1.29, 1.82) is 0 Å². The van der Waals surface area contributed by atoms with Crippen LogP contribution in [-0.4, -0.2) is 55.7 Å². The van der Waals surface area contributed by atoms with Crippen LogP contribution in [0.4, 0.5) is 0 Å². The maximum atomic E-state index is 5.83. The summed E-state index contributed by atoms with van der Waals surface area (Å²) in [6.45, 7) is 14.1. The largest absolute Gasteiger partial charge is 0.374 e. The first-order valence-corrected chi connectivity index (χ1v) is 8.10. The molecule has 1 heterocycles. The van der Waals surface area contributed by atoms with Gasteiger partial charge in [0.1, 0.15) is 0 Å². The monoisotopic (exact) mass is 290 g/mol. The Kier molecular flexibility index (Phi) is 7.66. The Morgan fingerprint density at radius 3 is 2.79 bits per heavy atom. The van der Waals surface area contributed by atoms with Crippen LogP contribution in [0.25, 0.3) is 0 Å². The fraction of sp³-hybridized carbons (Fsp3) is 1.00. The van der Waals surface area contributed by atoms with Gasteiger partial charge in [0.25, 0.3) is 0 Å². The van der Waals surface area contributed by atoms with E-state index in [2.05, 4.69) is 37.9 Å². The summed E-state index contributed by atoms with van der Waals surface area (Å²) in [5.41, 5.74) is 0.321. The molecule has 0 aromatic rings. The van der Waals surface area contributed by atoms with Gasteiger partial charge in [-0.15, -0.1) is 11.6 Å². The van der Waals surface area contributed by atoms with E-state index in [9.17, 15) is 0 Å². The van der Waals surface area contributed by atoms with Crippen LogP contribution >= 0.6 is 11.6 Å². The average Bonchev–Trinajstić information content (AvgIpc) is 2.36. The fourth-order valence-electron chi connectivity index (χ4n) is 2.54. The first kappa shape index (κ1) is 17.2. The maximum Gasteiger partial charge on any atom is 0.0826 e. The molecule has 0 amide bonds. The summed E-state index contributed by atoms with van der Waals surface area (Å²) in [5.74, 6) is 0.762. The summed E-state index contributed by atoms with van der Waals surface area (Å²) in [6.07, 6.45) is 2.60. The van der Waals surface area contributed by atoms with E-state index in [1.54, 1.807) is 0 Å². The van der Waals surface area contributed by atoms with Crippen LogP contribution in [0, 0.1) is 5.41 Å². The van der Waals surface area contributed by atoms with Crippen molar-refractivity contribution in [3.05, 3.63) is 0 Å². The zero-order valence-electron chi connectivity index (χ0n) is 13.0. The molecule has 0 spiro atoms. The van der Waals surface area contributed by atoms with Crippen LogP contribution < -0.4 is 5.32 Å². The van der Waals surface area contributed by atoms with Crippen molar-refractivity contribution in [3.8, 4) is 0 Å². The summed E-state index contributed by atoms with van der Waals surface area (Å²) < 4.78 is 5.83. The molecule has 1 saturated heterocycles. The Morgan fingerprint density at radius 2 is 2.16 bits per heavy atom. The molecule has 1 fully saturated rings. The number of rotatable bonds is 8. The molecule has 3 nitrogen and oxygen atoms in total. The van der Waals surface area contributed by atoms with Gasteiger partial charge in [-0.3, -0.25) is 4.90 Å². The Labute approximate surface area is 124 Å². The third-order valence-corrected chi connectivity index (χ3v) is 4.13. The van der Waals surface area contributed by atoms with Crippen molar-refractivity contribution in [2.24, 2.45) is 5.41 Å². The van der Waals surface area contributed by atoms with Gasteiger partial charge in [0, 0.05) is 38.1 Å². The third-order valence-electron chi connectivity index (χ3n) is 3.86. The lowest BCUT2D eigenvalue weighted by molar-refractivity contribution is -0.0378.